The topological polar surface area (TPSA) is 66.0 Å². The van der Waals surface area contributed by atoms with Crippen LogP contribution < -0.4 is 5.73 Å². The van der Waals surface area contributed by atoms with Crippen LogP contribution in [0.2, 0.25) is 0 Å². The van der Waals surface area contributed by atoms with Crippen molar-refractivity contribution in [1.29, 1.82) is 0 Å². The number of hydrogen-bond donors (Lipinski definition) is 1. The highest BCUT2D eigenvalue weighted by Gasteiger charge is 2.12. The van der Waals surface area contributed by atoms with E-state index >= 15 is 0 Å². The summed E-state index contributed by atoms with van der Waals surface area (Å²) in [6.45, 7) is 5.92. The molecule has 0 fully saturated rings. The fourth-order valence-electron chi connectivity index (χ4n) is 2.55. The normalized spacial score (nSPS) is 11.2. The Kier molecular flexibility index (Phi) is 4.06. The molecule has 1 aromatic carbocycles. The smallest absolute Gasteiger partial charge is 0.201 e. The molecule has 5 nitrogen and oxygen atoms in total. The first-order valence-electron chi connectivity index (χ1n) is 7.36. The van der Waals surface area contributed by atoms with Crippen molar-refractivity contribution in [3.63, 3.8) is 0 Å². The van der Waals surface area contributed by atoms with Crippen LogP contribution in [0.15, 0.2) is 36.5 Å². The van der Waals surface area contributed by atoms with E-state index < -0.39 is 0 Å². The summed E-state index contributed by atoms with van der Waals surface area (Å²) in [6, 6.07) is 10.1. The van der Waals surface area contributed by atoms with Gasteiger partial charge < -0.3 is 15.0 Å². The number of fused-ring (bicyclic) bond motifs is 1. The third-order valence-corrected chi connectivity index (χ3v) is 3.87. The Labute approximate surface area is 129 Å². The van der Waals surface area contributed by atoms with Gasteiger partial charge in [-0.3, -0.25) is 4.98 Å². The van der Waals surface area contributed by atoms with Crippen molar-refractivity contribution in [2.24, 2.45) is 0 Å². The summed E-state index contributed by atoms with van der Waals surface area (Å²) in [4.78, 5) is 8.71. The molecular formula is C17H20N4O. The number of aromatic nitrogens is 3. The Balaban J connectivity index is 1.71. The number of pyridine rings is 1. The second-order valence-electron chi connectivity index (χ2n) is 5.36. The van der Waals surface area contributed by atoms with Crippen LogP contribution in [-0.4, -0.2) is 21.1 Å². The highest BCUT2D eigenvalue weighted by atomic mass is 16.5. The fraction of sp³-hybridized carbons (Fsp3) is 0.294. The molecule has 0 atom stereocenters. The van der Waals surface area contributed by atoms with Gasteiger partial charge in [0.1, 0.15) is 5.52 Å². The van der Waals surface area contributed by atoms with Crippen LogP contribution in [-0.2, 0) is 17.9 Å². The van der Waals surface area contributed by atoms with Crippen LogP contribution in [0.5, 0.6) is 0 Å². The van der Waals surface area contributed by atoms with Crippen LogP contribution in [0.1, 0.15) is 16.8 Å². The number of nitrogens with two attached hydrogens (primary N) is 1. The summed E-state index contributed by atoms with van der Waals surface area (Å²) in [5, 5.41) is 0. The molecule has 0 aliphatic heterocycles. The van der Waals surface area contributed by atoms with Crippen molar-refractivity contribution in [3.05, 3.63) is 53.3 Å². The van der Waals surface area contributed by atoms with Gasteiger partial charge in [0.05, 0.1) is 24.9 Å². The average Bonchev–Trinajstić information content (AvgIpc) is 2.85. The summed E-state index contributed by atoms with van der Waals surface area (Å²) < 4.78 is 7.75. The highest BCUT2D eigenvalue weighted by molar-refractivity contribution is 5.81. The van der Waals surface area contributed by atoms with Gasteiger partial charge in [0, 0.05) is 12.2 Å². The SMILES string of the molecule is Cc1ncc2nc(N)n(CCOCc3ccccc3)c2c1C. The summed E-state index contributed by atoms with van der Waals surface area (Å²) >= 11 is 0. The lowest BCUT2D eigenvalue weighted by atomic mass is 10.2. The maximum absolute atomic E-state index is 6.03. The molecule has 3 rings (SSSR count). The molecule has 2 N–H and O–H groups in total. The Bertz CT molecular complexity index is 780. The zero-order chi connectivity index (χ0) is 15.5. The molecular weight excluding hydrogens is 276 g/mol. The van der Waals surface area contributed by atoms with E-state index in [0.29, 0.717) is 25.7 Å². The molecule has 2 heterocycles. The van der Waals surface area contributed by atoms with E-state index in [1.807, 2.05) is 36.6 Å². The Morgan fingerprint density at radius 3 is 2.73 bits per heavy atom. The molecule has 0 amide bonds. The molecule has 2 aromatic heterocycles. The lowest BCUT2D eigenvalue weighted by Gasteiger charge is -2.10. The van der Waals surface area contributed by atoms with E-state index in [4.69, 9.17) is 10.5 Å². The lowest BCUT2D eigenvalue weighted by Crippen LogP contribution is -2.10. The number of nitrogens with zero attached hydrogens (tertiary/aromatic N) is 3. The zero-order valence-electron chi connectivity index (χ0n) is 12.9. The van der Waals surface area contributed by atoms with E-state index in [2.05, 4.69) is 22.1 Å². The van der Waals surface area contributed by atoms with Crippen molar-refractivity contribution < 1.29 is 4.74 Å². The molecule has 0 bridgehead atoms. The third kappa shape index (κ3) is 2.80. The first-order valence-corrected chi connectivity index (χ1v) is 7.36. The van der Waals surface area contributed by atoms with Crippen LogP contribution >= 0.6 is 0 Å². The van der Waals surface area contributed by atoms with Crippen molar-refractivity contribution in [1.82, 2.24) is 14.5 Å². The van der Waals surface area contributed by atoms with Crippen LogP contribution in [0, 0.1) is 13.8 Å². The maximum atomic E-state index is 6.03. The number of imidazole rings is 1. The van der Waals surface area contributed by atoms with Gasteiger partial charge in [0.25, 0.3) is 0 Å². The largest absolute Gasteiger partial charge is 0.375 e. The second-order valence-corrected chi connectivity index (χ2v) is 5.36. The summed E-state index contributed by atoms with van der Waals surface area (Å²) in [5.41, 5.74) is 11.2. The summed E-state index contributed by atoms with van der Waals surface area (Å²) in [6.07, 6.45) is 1.77. The van der Waals surface area contributed by atoms with Crippen molar-refractivity contribution in [3.8, 4) is 0 Å². The van der Waals surface area contributed by atoms with Gasteiger partial charge in [-0.15, -0.1) is 0 Å². The predicted octanol–water partition coefficient (Wildman–Crippen LogP) is 2.85. The van der Waals surface area contributed by atoms with Gasteiger partial charge in [0.2, 0.25) is 5.95 Å². The zero-order valence-corrected chi connectivity index (χ0v) is 12.9. The number of ether oxygens (including phenoxy) is 1. The molecule has 0 aliphatic rings. The quantitative estimate of drug-likeness (QED) is 0.735. The number of rotatable bonds is 5. The number of aryl methyl sites for hydroxylation is 2. The maximum Gasteiger partial charge on any atom is 0.201 e. The molecule has 0 spiro atoms. The fourth-order valence-corrected chi connectivity index (χ4v) is 2.55. The Morgan fingerprint density at radius 2 is 1.95 bits per heavy atom. The van der Waals surface area contributed by atoms with E-state index in [0.717, 1.165) is 22.3 Å². The van der Waals surface area contributed by atoms with Gasteiger partial charge in [-0.2, -0.15) is 0 Å². The summed E-state index contributed by atoms with van der Waals surface area (Å²) in [5.74, 6) is 0.508. The lowest BCUT2D eigenvalue weighted by molar-refractivity contribution is 0.114. The first kappa shape index (κ1) is 14.5. The van der Waals surface area contributed by atoms with Crippen LogP contribution in [0.4, 0.5) is 5.95 Å². The highest BCUT2D eigenvalue weighted by Crippen LogP contribution is 2.22. The molecule has 22 heavy (non-hydrogen) atoms. The van der Waals surface area contributed by atoms with Gasteiger partial charge >= 0.3 is 0 Å². The molecule has 5 heteroatoms. The predicted molar refractivity (Wildman–Crippen MR) is 87.5 cm³/mol. The molecule has 0 radical (unpaired) electrons. The van der Waals surface area contributed by atoms with Crippen molar-refractivity contribution in [2.75, 3.05) is 12.3 Å². The van der Waals surface area contributed by atoms with Crippen LogP contribution in [0.25, 0.3) is 11.0 Å². The monoisotopic (exact) mass is 296 g/mol. The Morgan fingerprint density at radius 1 is 1.18 bits per heavy atom. The minimum atomic E-state index is 0.508. The molecule has 114 valence electrons. The molecule has 0 saturated carbocycles. The average molecular weight is 296 g/mol. The van der Waals surface area contributed by atoms with Crippen molar-refractivity contribution >= 4 is 17.0 Å². The standard InChI is InChI=1S/C17H20N4O/c1-12-13(2)19-10-15-16(12)21(17(18)20-15)8-9-22-11-14-6-4-3-5-7-14/h3-7,10H,8-9,11H2,1-2H3,(H2,18,20). The van der Waals surface area contributed by atoms with Gasteiger partial charge in [0.15, 0.2) is 0 Å². The van der Waals surface area contributed by atoms with Gasteiger partial charge in [-0.1, -0.05) is 30.3 Å². The number of benzene rings is 1. The molecule has 0 aliphatic carbocycles. The first-order chi connectivity index (χ1) is 10.7. The van der Waals surface area contributed by atoms with E-state index in [1.54, 1.807) is 6.20 Å². The third-order valence-electron chi connectivity index (χ3n) is 3.87. The van der Waals surface area contributed by atoms with E-state index in [1.165, 1.54) is 5.56 Å². The summed E-state index contributed by atoms with van der Waals surface area (Å²) in [7, 11) is 0. The van der Waals surface area contributed by atoms with Gasteiger partial charge in [-0.25, -0.2) is 4.98 Å². The number of anilines is 1. The molecule has 0 unspecified atom stereocenters. The van der Waals surface area contributed by atoms with Gasteiger partial charge in [-0.05, 0) is 25.0 Å². The Hall–Kier alpha value is -2.40. The van der Waals surface area contributed by atoms with E-state index in [9.17, 15) is 0 Å². The second kappa shape index (κ2) is 6.15. The number of hydrogen-bond acceptors (Lipinski definition) is 4. The number of nitrogen functional groups attached to an aromatic ring is 1. The minimum Gasteiger partial charge on any atom is -0.375 e. The van der Waals surface area contributed by atoms with Crippen LogP contribution in [0.3, 0.4) is 0 Å². The molecule has 0 saturated heterocycles. The van der Waals surface area contributed by atoms with E-state index in [-0.39, 0.29) is 0 Å². The minimum absolute atomic E-state index is 0.508. The van der Waals surface area contributed by atoms with Crippen molar-refractivity contribution in [2.45, 2.75) is 27.0 Å². The molecule has 3 aromatic rings.